The average molecular weight is 674 g/mol. The highest BCUT2D eigenvalue weighted by atomic mass is 15.1. The average Bonchev–Trinajstić information content (AvgIpc) is 3.24. The molecule has 0 aromatic heterocycles. The molecule has 0 atom stereocenters. The summed E-state index contributed by atoms with van der Waals surface area (Å²) < 4.78 is 0. The molecule has 0 unspecified atom stereocenters. The first-order valence-corrected chi connectivity index (χ1v) is 18.3. The van der Waals surface area contributed by atoms with Crippen molar-refractivity contribution in [1.82, 2.24) is 0 Å². The van der Waals surface area contributed by atoms with Gasteiger partial charge in [0.25, 0.3) is 0 Å². The molecule has 0 fully saturated rings. The van der Waals surface area contributed by atoms with Gasteiger partial charge < -0.3 is 4.90 Å². The number of rotatable bonds is 6. The molecule has 0 bridgehead atoms. The Balaban J connectivity index is 1.17. The minimum Gasteiger partial charge on any atom is -0.310 e. The predicted octanol–water partition coefficient (Wildman–Crippen LogP) is 14.8. The van der Waals surface area contributed by atoms with Crippen LogP contribution in [-0.4, -0.2) is 0 Å². The fourth-order valence-corrected chi connectivity index (χ4v) is 8.13. The van der Waals surface area contributed by atoms with Gasteiger partial charge in [0.05, 0.1) is 5.69 Å². The van der Waals surface area contributed by atoms with E-state index >= 15 is 0 Å². The van der Waals surface area contributed by atoms with Gasteiger partial charge in [-0.1, -0.05) is 176 Å². The highest BCUT2D eigenvalue weighted by molar-refractivity contribution is 6.29. The Morgan fingerprint density at radius 2 is 0.849 bits per heavy atom. The first-order chi connectivity index (χ1) is 26.3. The van der Waals surface area contributed by atoms with Crippen molar-refractivity contribution >= 4 is 60.2 Å². The SMILES string of the molecule is c1ccc(-c2cccc(N(c3ccc(-c4cc5ccccc5c5c4ccc4ccc6ccccc6c45)cc3)c3ccccc3-c3ccccc3)c2)cc1. The Kier molecular flexibility index (Phi) is 7.55. The Morgan fingerprint density at radius 1 is 0.264 bits per heavy atom. The van der Waals surface area contributed by atoms with Crippen LogP contribution in [0.3, 0.4) is 0 Å². The van der Waals surface area contributed by atoms with Gasteiger partial charge in [0.15, 0.2) is 0 Å². The first kappa shape index (κ1) is 30.8. The lowest BCUT2D eigenvalue weighted by atomic mass is 9.88. The van der Waals surface area contributed by atoms with Crippen LogP contribution in [0.4, 0.5) is 17.1 Å². The number of fused-ring (bicyclic) bond motifs is 7. The molecule has 10 aromatic carbocycles. The molecule has 248 valence electrons. The molecule has 0 aliphatic rings. The van der Waals surface area contributed by atoms with Crippen LogP contribution in [0.15, 0.2) is 212 Å². The van der Waals surface area contributed by atoms with Gasteiger partial charge in [0.2, 0.25) is 0 Å². The van der Waals surface area contributed by atoms with Crippen molar-refractivity contribution in [1.29, 1.82) is 0 Å². The Morgan fingerprint density at radius 3 is 1.64 bits per heavy atom. The van der Waals surface area contributed by atoms with E-state index in [9.17, 15) is 0 Å². The van der Waals surface area contributed by atoms with Gasteiger partial charge in [-0.15, -0.1) is 0 Å². The lowest BCUT2D eigenvalue weighted by Crippen LogP contribution is -2.11. The summed E-state index contributed by atoms with van der Waals surface area (Å²) in [6.45, 7) is 0. The third-order valence-electron chi connectivity index (χ3n) is 10.6. The summed E-state index contributed by atoms with van der Waals surface area (Å²) in [7, 11) is 0. The monoisotopic (exact) mass is 673 g/mol. The molecular weight excluding hydrogens is 639 g/mol. The van der Waals surface area contributed by atoms with Crippen LogP contribution in [-0.2, 0) is 0 Å². The topological polar surface area (TPSA) is 3.24 Å². The Bertz CT molecular complexity index is 2930. The summed E-state index contributed by atoms with van der Waals surface area (Å²) in [6.07, 6.45) is 0. The Labute approximate surface area is 309 Å². The number of hydrogen-bond acceptors (Lipinski definition) is 1. The van der Waals surface area contributed by atoms with Crippen LogP contribution in [0.2, 0.25) is 0 Å². The van der Waals surface area contributed by atoms with Crippen molar-refractivity contribution in [3.63, 3.8) is 0 Å². The van der Waals surface area contributed by atoms with Crippen molar-refractivity contribution in [3.05, 3.63) is 212 Å². The van der Waals surface area contributed by atoms with Crippen molar-refractivity contribution in [2.45, 2.75) is 0 Å². The molecule has 0 heterocycles. The standard InChI is InChI=1S/C52H35N/c1-3-14-36(15-4-1)41-20-13-21-44(34-41)53(50-25-12-11-22-45(50)37-16-5-2-6-17-37)43-31-28-39(29-32-43)49-35-42-19-8-10-24-47(42)52-48(49)33-30-40-27-26-38-18-7-9-23-46(38)51(40)52/h1-35H. The van der Waals surface area contributed by atoms with Gasteiger partial charge in [0, 0.05) is 16.9 Å². The molecule has 53 heavy (non-hydrogen) atoms. The highest BCUT2D eigenvalue weighted by Gasteiger charge is 2.19. The maximum Gasteiger partial charge on any atom is 0.0540 e. The molecule has 10 rings (SSSR count). The fraction of sp³-hybridized carbons (Fsp3) is 0. The Hall–Kier alpha value is -6.96. The van der Waals surface area contributed by atoms with Crippen molar-refractivity contribution in [3.8, 4) is 33.4 Å². The largest absolute Gasteiger partial charge is 0.310 e. The third kappa shape index (κ3) is 5.42. The van der Waals surface area contributed by atoms with Gasteiger partial charge in [-0.3, -0.25) is 0 Å². The molecule has 0 N–H and O–H groups in total. The molecule has 0 saturated carbocycles. The zero-order chi connectivity index (χ0) is 35.1. The van der Waals surface area contributed by atoms with E-state index in [0.717, 1.165) is 17.1 Å². The summed E-state index contributed by atoms with van der Waals surface area (Å²) in [5.41, 5.74) is 10.5. The highest BCUT2D eigenvalue weighted by Crippen LogP contribution is 2.44. The van der Waals surface area contributed by atoms with E-state index in [1.165, 1.54) is 76.5 Å². The van der Waals surface area contributed by atoms with Crippen LogP contribution >= 0.6 is 0 Å². The second-order valence-electron chi connectivity index (χ2n) is 13.7. The summed E-state index contributed by atoms with van der Waals surface area (Å²) in [4.78, 5) is 2.40. The number of hydrogen-bond donors (Lipinski definition) is 0. The van der Waals surface area contributed by atoms with Crippen molar-refractivity contribution in [2.75, 3.05) is 4.90 Å². The zero-order valence-electron chi connectivity index (χ0n) is 29.2. The van der Waals surface area contributed by atoms with Crippen LogP contribution in [0, 0.1) is 0 Å². The molecule has 0 spiro atoms. The van der Waals surface area contributed by atoms with E-state index in [0.29, 0.717) is 0 Å². The lowest BCUT2D eigenvalue weighted by Gasteiger charge is -2.28. The molecule has 0 radical (unpaired) electrons. The summed E-state index contributed by atoms with van der Waals surface area (Å²) in [6, 6.07) is 77.2. The van der Waals surface area contributed by atoms with E-state index in [4.69, 9.17) is 0 Å². The summed E-state index contributed by atoms with van der Waals surface area (Å²) in [5.74, 6) is 0. The predicted molar refractivity (Wildman–Crippen MR) is 227 cm³/mol. The number of nitrogens with zero attached hydrogens (tertiary/aromatic N) is 1. The molecule has 1 nitrogen and oxygen atoms in total. The smallest absolute Gasteiger partial charge is 0.0540 e. The van der Waals surface area contributed by atoms with Gasteiger partial charge in [-0.05, 0) is 107 Å². The lowest BCUT2D eigenvalue weighted by molar-refractivity contribution is 1.28. The number of para-hydroxylation sites is 1. The molecule has 10 aromatic rings. The van der Waals surface area contributed by atoms with E-state index in [1.54, 1.807) is 0 Å². The second kappa shape index (κ2) is 13.0. The van der Waals surface area contributed by atoms with Gasteiger partial charge in [-0.25, -0.2) is 0 Å². The van der Waals surface area contributed by atoms with E-state index in [-0.39, 0.29) is 0 Å². The maximum absolute atomic E-state index is 2.40. The molecule has 1 heteroatoms. The van der Waals surface area contributed by atoms with Gasteiger partial charge >= 0.3 is 0 Å². The van der Waals surface area contributed by atoms with Crippen LogP contribution in [0.5, 0.6) is 0 Å². The van der Waals surface area contributed by atoms with Crippen LogP contribution in [0.1, 0.15) is 0 Å². The molecule has 0 aliphatic carbocycles. The van der Waals surface area contributed by atoms with Crippen LogP contribution in [0.25, 0.3) is 76.5 Å². The summed E-state index contributed by atoms with van der Waals surface area (Å²) >= 11 is 0. The minimum atomic E-state index is 1.10. The second-order valence-corrected chi connectivity index (χ2v) is 13.7. The molecular formula is C52H35N. The number of anilines is 3. The number of benzene rings is 10. The molecule has 0 aliphatic heterocycles. The van der Waals surface area contributed by atoms with Gasteiger partial charge in [-0.2, -0.15) is 0 Å². The summed E-state index contributed by atoms with van der Waals surface area (Å²) in [5, 5.41) is 10.2. The third-order valence-corrected chi connectivity index (χ3v) is 10.6. The van der Waals surface area contributed by atoms with Gasteiger partial charge in [0.1, 0.15) is 0 Å². The van der Waals surface area contributed by atoms with E-state index in [1.807, 2.05) is 0 Å². The van der Waals surface area contributed by atoms with Crippen LogP contribution < -0.4 is 4.90 Å². The van der Waals surface area contributed by atoms with Crippen molar-refractivity contribution in [2.24, 2.45) is 0 Å². The quantitative estimate of drug-likeness (QED) is 0.159. The minimum absolute atomic E-state index is 1.10. The maximum atomic E-state index is 2.40. The first-order valence-electron chi connectivity index (χ1n) is 18.3. The molecule has 0 saturated heterocycles. The van der Waals surface area contributed by atoms with E-state index < -0.39 is 0 Å². The van der Waals surface area contributed by atoms with E-state index in [2.05, 4.69) is 217 Å². The molecule has 0 amide bonds. The zero-order valence-corrected chi connectivity index (χ0v) is 29.2. The fourth-order valence-electron chi connectivity index (χ4n) is 8.13. The van der Waals surface area contributed by atoms with Crippen molar-refractivity contribution < 1.29 is 0 Å². The normalized spacial score (nSPS) is 11.4.